The monoisotopic (exact) mass is 581 g/mol. The van der Waals surface area contributed by atoms with E-state index in [0.717, 1.165) is 66.3 Å². The molecular weight excluding hydrogens is 549 g/mol. The summed E-state index contributed by atoms with van der Waals surface area (Å²) in [6.07, 6.45) is 1.10. The number of ether oxygens (including phenoxy) is 1. The van der Waals surface area contributed by atoms with Crippen LogP contribution in [0.15, 0.2) is 72.8 Å². The average molecular weight is 582 g/mol. The van der Waals surface area contributed by atoms with Gasteiger partial charge in [0.1, 0.15) is 17.9 Å². The number of hydrogen-bond donors (Lipinski definition) is 2. The summed E-state index contributed by atoms with van der Waals surface area (Å²) >= 11 is 0. The molecule has 3 aliphatic heterocycles. The Balaban J connectivity index is 1.19. The van der Waals surface area contributed by atoms with Gasteiger partial charge in [0.2, 0.25) is 0 Å². The Bertz CT molecular complexity index is 1700. The van der Waals surface area contributed by atoms with Crippen molar-refractivity contribution in [3.8, 4) is 0 Å². The summed E-state index contributed by atoms with van der Waals surface area (Å²) in [5.41, 5.74) is 3.88. The number of anilines is 1. The Hall–Kier alpha value is -4.54. The zero-order chi connectivity index (χ0) is 29.5. The smallest absolute Gasteiger partial charge is 0.332 e. The van der Waals surface area contributed by atoms with E-state index in [2.05, 4.69) is 15.2 Å². The number of benzene rings is 3. The summed E-state index contributed by atoms with van der Waals surface area (Å²) in [6, 6.07) is 18.7. The highest BCUT2D eigenvalue weighted by Gasteiger charge is 2.53. The van der Waals surface area contributed by atoms with E-state index in [0.29, 0.717) is 18.5 Å². The lowest BCUT2D eigenvalue weighted by molar-refractivity contribution is -0.120. The SMILES string of the molecule is O=C(NCCCN1CCOCC1)c1ccccc1N1C(=O)[C@@H]2Cc3c([nH]c4ccccc34)[C@H](c3ccc(F)cc3)N2C1=O. The number of nitrogens with one attached hydrogen (secondary N) is 2. The minimum absolute atomic E-state index is 0.254. The quantitative estimate of drug-likeness (QED) is 0.251. The number of rotatable bonds is 7. The second-order valence-electron chi connectivity index (χ2n) is 11.2. The lowest BCUT2D eigenvalue weighted by atomic mass is 9.89. The highest BCUT2D eigenvalue weighted by atomic mass is 19.1. The fourth-order valence-electron chi connectivity index (χ4n) is 6.57. The number of fused-ring (bicyclic) bond motifs is 4. The number of imide groups is 1. The second kappa shape index (κ2) is 11.3. The van der Waals surface area contributed by atoms with Gasteiger partial charge >= 0.3 is 6.03 Å². The van der Waals surface area contributed by atoms with Gasteiger partial charge in [0, 0.05) is 42.7 Å². The summed E-state index contributed by atoms with van der Waals surface area (Å²) in [5, 5.41) is 3.95. The summed E-state index contributed by atoms with van der Waals surface area (Å²) < 4.78 is 19.3. The number of nitrogens with zero attached hydrogens (tertiary/aromatic N) is 3. The average Bonchev–Trinajstić information content (AvgIpc) is 3.53. The highest BCUT2D eigenvalue weighted by Crippen LogP contribution is 2.45. The minimum atomic E-state index is -0.779. The number of morpholine rings is 1. The molecule has 2 N–H and O–H groups in total. The van der Waals surface area contributed by atoms with E-state index in [1.165, 1.54) is 12.1 Å². The number of aromatic nitrogens is 1. The molecule has 3 aromatic carbocycles. The van der Waals surface area contributed by atoms with Crippen molar-refractivity contribution in [3.05, 3.63) is 101 Å². The molecule has 0 radical (unpaired) electrons. The van der Waals surface area contributed by atoms with Gasteiger partial charge in [-0.3, -0.25) is 19.4 Å². The van der Waals surface area contributed by atoms with Gasteiger partial charge in [0.05, 0.1) is 24.5 Å². The largest absolute Gasteiger partial charge is 0.379 e. The van der Waals surface area contributed by atoms with Crippen molar-refractivity contribution in [1.82, 2.24) is 20.1 Å². The number of H-pyrrole nitrogens is 1. The maximum atomic E-state index is 14.2. The summed E-state index contributed by atoms with van der Waals surface area (Å²) in [6.45, 7) is 4.52. The number of aromatic amines is 1. The first-order valence-electron chi connectivity index (χ1n) is 14.7. The third-order valence-electron chi connectivity index (χ3n) is 8.66. The first kappa shape index (κ1) is 27.3. The van der Waals surface area contributed by atoms with Crippen LogP contribution in [0.5, 0.6) is 0 Å². The van der Waals surface area contributed by atoms with E-state index in [1.807, 2.05) is 24.3 Å². The molecule has 2 fully saturated rings. The van der Waals surface area contributed by atoms with Crippen LogP contribution < -0.4 is 10.2 Å². The molecule has 0 bridgehead atoms. The molecule has 4 aromatic rings. The zero-order valence-electron chi connectivity index (χ0n) is 23.6. The van der Waals surface area contributed by atoms with E-state index < -0.39 is 18.1 Å². The van der Waals surface area contributed by atoms with Gasteiger partial charge in [-0.05, 0) is 54.4 Å². The van der Waals surface area contributed by atoms with Gasteiger partial charge in [-0.25, -0.2) is 14.1 Å². The van der Waals surface area contributed by atoms with E-state index in [4.69, 9.17) is 4.74 Å². The Morgan fingerprint density at radius 2 is 1.72 bits per heavy atom. The van der Waals surface area contributed by atoms with E-state index in [1.54, 1.807) is 41.3 Å². The highest BCUT2D eigenvalue weighted by molar-refractivity contribution is 6.24. The molecule has 4 heterocycles. The van der Waals surface area contributed by atoms with Gasteiger partial charge in [-0.1, -0.05) is 42.5 Å². The standard InChI is InChI=1S/C33H32FN5O4/c34-22-12-10-21(11-13-22)30-29-25(23-6-1-3-8-26(23)36-29)20-28-32(41)39(33(42)38(28)30)27-9-4-2-7-24(27)31(40)35-14-5-15-37-16-18-43-19-17-37/h1-4,6-13,28,30,36H,5,14-20H2,(H,35,40)/t28-,30-/m0/s1. The van der Waals surface area contributed by atoms with E-state index >= 15 is 0 Å². The second-order valence-corrected chi connectivity index (χ2v) is 11.2. The predicted molar refractivity (Wildman–Crippen MR) is 159 cm³/mol. The molecule has 43 heavy (non-hydrogen) atoms. The lowest BCUT2D eigenvalue weighted by Crippen LogP contribution is -2.44. The van der Waals surface area contributed by atoms with Crippen LogP contribution in [0, 0.1) is 5.82 Å². The van der Waals surface area contributed by atoms with Crippen LogP contribution in [0.1, 0.15) is 39.6 Å². The van der Waals surface area contributed by atoms with E-state index in [9.17, 15) is 18.8 Å². The van der Waals surface area contributed by atoms with Crippen molar-refractivity contribution in [1.29, 1.82) is 0 Å². The van der Waals surface area contributed by atoms with Crippen LogP contribution in [0.2, 0.25) is 0 Å². The summed E-state index contributed by atoms with van der Waals surface area (Å²) in [7, 11) is 0. The van der Waals surface area contributed by atoms with Gasteiger partial charge in [0.15, 0.2) is 0 Å². The van der Waals surface area contributed by atoms with Crippen molar-refractivity contribution >= 4 is 34.4 Å². The number of hydrogen-bond acceptors (Lipinski definition) is 5. The number of amides is 4. The van der Waals surface area contributed by atoms with Crippen molar-refractivity contribution in [2.24, 2.45) is 0 Å². The molecule has 0 unspecified atom stereocenters. The maximum absolute atomic E-state index is 14.2. The number of halogens is 1. The lowest BCUT2D eigenvalue weighted by Gasteiger charge is -2.36. The molecule has 0 saturated carbocycles. The van der Waals surface area contributed by atoms with E-state index in [-0.39, 0.29) is 28.9 Å². The van der Waals surface area contributed by atoms with Gasteiger partial charge < -0.3 is 15.0 Å². The molecule has 9 nitrogen and oxygen atoms in total. The van der Waals surface area contributed by atoms with Gasteiger partial charge in [-0.2, -0.15) is 0 Å². The number of carbonyl (C=O) groups excluding carboxylic acids is 3. The van der Waals surface area contributed by atoms with Crippen LogP contribution in [-0.2, 0) is 16.0 Å². The molecule has 220 valence electrons. The van der Waals surface area contributed by atoms with Crippen molar-refractivity contribution in [2.45, 2.75) is 24.9 Å². The zero-order valence-corrected chi connectivity index (χ0v) is 23.6. The Morgan fingerprint density at radius 1 is 0.977 bits per heavy atom. The molecule has 0 aliphatic carbocycles. The predicted octanol–water partition coefficient (Wildman–Crippen LogP) is 4.24. The maximum Gasteiger partial charge on any atom is 0.332 e. The molecule has 0 spiro atoms. The molecule has 2 saturated heterocycles. The van der Waals surface area contributed by atoms with Crippen LogP contribution in [0.25, 0.3) is 10.9 Å². The first-order chi connectivity index (χ1) is 21.0. The molecule has 10 heteroatoms. The fourth-order valence-corrected chi connectivity index (χ4v) is 6.57. The van der Waals surface area contributed by atoms with Gasteiger partial charge in [-0.15, -0.1) is 0 Å². The molecule has 7 rings (SSSR count). The third-order valence-corrected chi connectivity index (χ3v) is 8.66. The van der Waals surface area contributed by atoms with Crippen LogP contribution in [0.4, 0.5) is 14.9 Å². The topological polar surface area (TPSA) is 98.0 Å². The van der Waals surface area contributed by atoms with Gasteiger partial charge in [0.25, 0.3) is 11.8 Å². The minimum Gasteiger partial charge on any atom is -0.379 e. The fraction of sp³-hybridized carbons (Fsp3) is 0.303. The van der Waals surface area contributed by atoms with Crippen LogP contribution >= 0.6 is 0 Å². The third kappa shape index (κ3) is 4.86. The normalized spacial score (nSPS) is 20.4. The van der Waals surface area contributed by atoms with Crippen molar-refractivity contribution in [2.75, 3.05) is 44.3 Å². The molecule has 2 atom stereocenters. The first-order valence-corrected chi connectivity index (χ1v) is 14.7. The molecule has 3 aliphatic rings. The Labute approximate surface area is 248 Å². The molecule has 1 aromatic heterocycles. The summed E-state index contributed by atoms with van der Waals surface area (Å²) in [4.78, 5) is 50.2. The molecule has 4 amide bonds. The number of carbonyl (C=O) groups is 3. The Kier molecular flexibility index (Phi) is 7.16. The Morgan fingerprint density at radius 3 is 2.53 bits per heavy atom. The summed E-state index contributed by atoms with van der Waals surface area (Å²) in [5.74, 6) is -1.11. The van der Waals surface area contributed by atoms with Crippen molar-refractivity contribution < 1.29 is 23.5 Å². The van der Waals surface area contributed by atoms with Crippen LogP contribution in [-0.4, -0.2) is 78.1 Å². The number of para-hydroxylation sites is 2. The molecular formula is C33H32FN5O4. The van der Waals surface area contributed by atoms with Crippen LogP contribution in [0.3, 0.4) is 0 Å². The number of urea groups is 1. The van der Waals surface area contributed by atoms with Crippen molar-refractivity contribution in [3.63, 3.8) is 0 Å².